The van der Waals surface area contributed by atoms with Crippen molar-refractivity contribution in [3.8, 4) is 11.3 Å². The summed E-state index contributed by atoms with van der Waals surface area (Å²) >= 11 is 1.18. The molecule has 1 saturated heterocycles. The maximum atomic E-state index is 13.3. The van der Waals surface area contributed by atoms with Gasteiger partial charge in [0.05, 0.1) is 12.2 Å². The average molecular weight is 306 g/mol. The number of halogens is 1. The summed E-state index contributed by atoms with van der Waals surface area (Å²) in [4.78, 5) is 18.3. The molecule has 1 aromatic heterocycles. The summed E-state index contributed by atoms with van der Waals surface area (Å²) in [5, 5.41) is 10.1. The van der Waals surface area contributed by atoms with Crippen LogP contribution < -0.4 is 0 Å². The fourth-order valence-corrected chi connectivity index (χ4v) is 3.51. The van der Waals surface area contributed by atoms with Crippen LogP contribution in [0, 0.1) is 5.82 Å². The van der Waals surface area contributed by atoms with Crippen molar-refractivity contribution < 1.29 is 14.3 Å². The first kappa shape index (κ1) is 14.2. The Hall–Kier alpha value is -1.79. The summed E-state index contributed by atoms with van der Waals surface area (Å²) in [6.45, 7) is 2.72. The lowest BCUT2D eigenvalue weighted by Gasteiger charge is -2.11. The van der Waals surface area contributed by atoms with E-state index in [2.05, 4.69) is 9.88 Å². The molecule has 0 aliphatic carbocycles. The summed E-state index contributed by atoms with van der Waals surface area (Å²) in [5.74, 6) is -1.41. The van der Waals surface area contributed by atoms with Gasteiger partial charge in [-0.2, -0.15) is 0 Å². The molecular formula is C15H15FN2O2S. The second kappa shape index (κ2) is 5.91. The van der Waals surface area contributed by atoms with E-state index in [1.165, 1.54) is 36.3 Å². The van der Waals surface area contributed by atoms with Crippen LogP contribution in [0.25, 0.3) is 11.3 Å². The smallest absolute Gasteiger partial charge is 0.348 e. The number of carboxylic acid groups (broad SMARTS) is 1. The van der Waals surface area contributed by atoms with Gasteiger partial charge in [0.15, 0.2) is 0 Å². The third-order valence-corrected chi connectivity index (χ3v) is 4.55. The van der Waals surface area contributed by atoms with E-state index in [0.29, 0.717) is 17.8 Å². The number of aromatic carboxylic acids is 1. The first-order chi connectivity index (χ1) is 10.1. The van der Waals surface area contributed by atoms with Gasteiger partial charge in [-0.05, 0) is 38.1 Å². The first-order valence-corrected chi connectivity index (χ1v) is 7.66. The number of hydrogen-bond acceptors (Lipinski definition) is 4. The third kappa shape index (κ3) is 3.11. The SMILES string of the molecule is O=C(O)c1sc(CN2CCCC2)nc1-c1cccc(F)c1. The second-order valence-electron chi connectivity index (χ2n) is 5.08. The molecule has 6 heteroatoms. The molecule has 0 saturated carbocycles. The molecule has 0 radical (unpaired) electrons. The fourth-order valence-electron chi connectivity index (χ4n) is 2.54. The van der Waals surface area contributed by atoms with Crippen LogP contribution in [0.5, 0.6) is 0 Å². The molecule has 1 fully saturated rings. The molecule has 1 aromatic carbocycles. The van der Waals surface area contributed by atoms with Crippen molar-refractivity contribution in [1.82, 2.24) is 9.88 Å². The molecular weight excluding hydrogens is 291 g/mol. The number of carboxylic acids is 1. The van der Waals surface area contributed by atoms with Crippen molar-refractivity contribution in [2.75, 3.05) is 13.1 Å². The van der Waals surface area contributed by atoms with E-state index in [1.54, 1.807) is 12.1 Å². The number of aromatic nitrogens is 1. The summed E-state index contributed by atoms with van der Waals surface area (Å²) in [5.41, 5.74) is 0.873. The van der Waals surface area contributed by atoms with Gasteiger partial charge < -0.3 is 5.11 Å². The summed E-state index contributed by atoms with van der Waals surface area (Å²) < 4.78 is 13.3. The van der Waals surface area contributed by atoms with Gasteiger partial charge in [0.1, 0.15) is 15.7 Å². The molecule has 0 bridgehead atoms. The molecule has 1 aliphatic heterocycles. The van der Waals surface area contributed by atoms with Gasteiger partial charge in [0.25, 0.3) is 0 Å². The number of nitrogens with zero attached hydrogens (tertiary/aromatic N) is 2. The van der Waals surface area contributed by atoms with Crippen molar-refractivity contribution in [2.45, 2.75) is 19.4 Å². The van der Waals surface area contributed by atoms with Gasteiger partial charge in [-0.3, -0.25) is 4.90 Å². The number of likely N-dealkylation sites (tertiary alicyclic amines) is 1. The number of hydrogen-bond donors (Lipinski definition) is 1. The zero-order valence-corrected chi connectivity index (χ0v) is 12.2. The molecule has 0 spiro atoms. The molecule has 2 heterocycles. The van der Waals surface area contributed by atoms with Gasteiger partial charge >= 0.3 is 5.97 Å². The van der Waals surface area contributed by atoms with Crippen LogP contribution in [0.4, 0.5) is 4.39 Å². The number of thiazole rings is 1. The van der Waals surface area contributed by atoms with Gasteiger partial charge in [-0.25, -0.2) is 14.2 Å². The van der Waals surface area contributed by atoms with Crippen molar-refractivity contribution in [2.24, 2.45) is 0 Å². The van der Waals surface area contributed by atoms with Gasteiger partial charge in [0, 0.05) is 5.56 Å². The van der Waals surface area contributed by atoms with Crippen LogP contribution in [0.2, 0.25) is 0 Å². The van der Waals surface area contributed by atoms with Crippen molar-refractivity contribution in [3.63, 3.8) is 0 Å². The first-order valence-electron chi connectivity index (χ1n) is 6.85. The zero-order chi connectivity index (χ0) is 14.8. The number of carbonyl (C=O) groups is 1. The highest BCUT2D eigenvalue weighted by Crippen LogP contribution is 2.30. The molecule has 2 aromatic rings. The molecule has 21 heavy (non-hydrogen) atoms. The summed E-state index contributed by atoms with van der Waals surface area (Å²) in [7, 11) is 0. The van der Waals surface area contributed by atoms with Crippen LogP contribution in [0.15, 0.2) is 24.3 Å². The van der Waals surface area contributed by atoms with Gasteiger partial charge in [0.2, 0.25) is 0 Å². The lowest BCUT2D eigenvalue weighted by atomic mass is 10.1. The predicted molar refractivity (Wildman–Crippen MR) is 79.0 cm³/mol. The molecule has 1 aliphatic rings. The Labute approximate surface area is 125 Å². The molecule has 1 N–H and O–H groups in total. The van der Waals surface area contributed by atoms with Crippen LogP contribution in [0.1, 0.15) is 27.5 Å². The van der Waals surface area contributed by atoms with Crippen molar-refractivity contribution in [1.29, 1.82) is 0 Å². The number of rotatable bonds is 4. The predicted octanol–water partition coefficient (Wildman–Crippen LogP) is 3.24. The summed E-state index contributed by atoms with van der Waals surface area (Å²) in [6, 6.07) is 5.91. The van der Waals surface area contributed by atoms with Crippen LogP contribution >= 0.6 is 11.3 Å². The van der Waals surface area contributed by atoms with E-state index in [4.69, 9.17) is 0 Å². The van der Waals surface area contributed by atoms with E-state index in [0.717, 1.165) is 18.1 Å². The second-order valence-corrected chi connectivity index (χ2v) is 6.17. The van der Waals surface area contributed by atoms with Crippen molar-refractivity contribution >= 4 is 17.3 Å². The van der Waals surface area contributed by atoms with Crippen LogP contribution in [-0.2, 0) is 6.54 Å². The van der Waals surface area contributed by atoms with Crippen LogP contribution in [-0.4, -0.2) is 34.0 Å². The summed E-state index contributed by atoms with van der Waals surface area (Å²) in [6.07, 6.45) is 2.35. The zero-order valence-electron chi connectivity index (χ0n) is 11.4. The third-order valence-electron chi connectivity index (χ3n) is 3.52. The number of benzene rings is 1. The molecule has 4 nitrogen and oxygen atoms in total. The largest absolute Gasteiger partial charge is 0.477 e. The Bertz CT molecular complexity index is 665. The Morgan fingerprint density at radius 3 is 2.81 bits per heavy atom. The van der Waals surface area contributed by atoms with Gasteiger partial charge in [-0.1, -0.05) is 12.1 Å². The van der Waals surface area contributed by atoms with Crippen LogP contribution in [0.3, 0.4) is 0 Å². The average Bonchev–Trinajstić information content (AvgIpc) is 3.08. The molecule has 0 atom stereocenters. The Morgan fingerprint density at radius 1 is 1.38 bits per heavy atom. The minimum Gasteiger partial charge on any atom is -0.477 e. The monoisotopic (exact) mass is 306 g/mol. The molecule has 110 valence electrons. The minimum absolute atomic E-state index is 0.176. The van der Waals surface area contributed by atoms with E-state index >= 15 is 0 Å². The van der Waals surface area contributed by atoms with Gasteiger partial charge in [-0.15, -0.1) is 11.3 Å². The Kier molecular flexibility index (Phi) is 3.98. The quantitative estimate of drug-likeness (QED) is 0.942. The van der Waals surface area contributed by atoms with E-state index in [-0.39, 0.29) is 4.88 Å². The maximum absolute atomic E-state index is 13.3. The molecule has 3 rings (SSSR count). The lowest BCUT2D eigenvalue weighted by Crippen LogP contribution is -2.18. The van der Waals surface area contributed by atoms with E-state index in [9.17, 15) is 14.3 Å². The lowest BCUT2D eigenvalue weighted by molar-refractivity contribution is 0.0702. The minimum atomic E-state index is -1.01. The highest BCUT2D eigenvalue weighted by Gasteiger charge is 2.21. The van der Waals surface area contributed by atoms with E-state index in [1.807, 2.05) is 0 Å². The Morgan fingerprint density at radius 2 is 2.14 bits per heavy atom. The normalized spacial score (nSPS) is 15.5. The molecule has 0 unspecified atom stereocenters. The highest BCUT2D eigenvalue weighted by atomic mass is 32.1. The van der Waals surface area contributed by atoms with Crippen molar-refractivity contribution in [3.05, 3.63) is 40.0 Å². The standard InChI is InChI=1S/C15H15FN2O2S/c16-11-5-3-4-10(8-11)13-14(15(19)20)21-12(17-13)9-18-6-1-2-7-18/h3-5,8H,1-2,6-7,9H2,(H,19,20). The molecule has 0 amide bonds. The maximum Gasteiger partial charge on any atom is 0.348 e. The Balaban J connectivity index is 1.94. The fraction of sp³-hybridized carbons (Fsp3) is 0.333. The topological polar surface area (TPSA) is 53.4 Å². The van der Waals surface area contributed by atoms with E-state index < -0.39 is 11.8 Å². The highest BCUT2D eigenvalue weighted by molar-refractivity contribution is 7.14.